The minimum Gasteiger partial charge on any atom is -0.481 e. The number of hydrogen-bond acceptors (Lipinski definition) is 13. The number of thiazole rings is 1. The number of alkyl halides is 3. The lowest BCUT2D eigenvalue weighted by molar-refractivity contribution is -0.157. The number of ketones is 1. The molecular formula is C66H82F3N11O9S. The Morgan fingerprint density at radius 1 is 0.822 bits per heavy atom. The van der Waals surface area contributed by atoms with E-state index in [4.69, 9.17) is 10.8 Å². The fraction of sp³-hybridized carbons (Fsp3) is 0.530. The molecule has 6 aliphatic heterocycles. The quantitative estimate of drug-likeness (QED) is 0.0581. The number of amides is 6. The van der Waals surface area contributed by atoms with Gasteiger partial charge >= 0.3 is 12.1 Å². The van der Waals surface area contributed by atoms with Gasteiger partial charge in [-0.1, -0.05) is 55.0 Å². The van der Waals surface area contributed by atoms with Gasteiger partial charge in [-0.2, -0.15) is 13.2 Å². The first kappa shape index (κ1) is 65.4. The molecule has 0 spiro atoms. The average Bonchev–Trinajstić information content (AvgIpc) is 1.52. The van der Waals surface area contributed by atoms with Crippen LogP contribution in [-0.2, 0) is 43.1 Å². The summed E-state index contributed by atoms with van der Waals surface area (Å²) in [6.07, 6.45) is 9.16. The topological polar surface area (TPSA) is 253 Å². The van der Waals surface area contributed by atoms with Gasteiger partial charge in [0, 0.05) is 63.2 Å². The minimum atomic E-state index is -4.39. The molecule has 2 unspecified atom stereocenters. The highest BCUT2D eigenvalue weighted by atomic mass is 32.1. The van der Waals surface area contributed by atoms with Crippen molar-refractivity contribution in [2.24, 2.45) is 17.6 Å². The van der Waals surface area contributed by atoms with Gasteiger partial charge in [0.25, 0.3) is 11.8 Å². The molecule has 1 aliphatic carbocycles. The van der Waals surface area contributed by atoms with Crippen molar-refractivity contribution in [1.82, 2.24) is 45.1 Å². The van der Waals surface area contributed by atoms with Crippen molar-refractivity contribution in [3.63, 3.8) is 0 Å². The largest absolute Gasteiger partial charge is 0.481 e. The lowest BCUT2D eigenvalue weighted by Crippen LogP contribution is -2.62. The van der Waals surface area contributed by atoms with Crippen LogP contribution in [0.2, 0.25) is 0 Å². The molecule has 7 aliphatic rings. The van der Waals surface area contributed by atoms with E-state index >= 15 is 0 Å². The summed E-state index contributed by atoms with van der Waals surface area (Å²) in [5.74, 6) is -1.72. The number of carbonyl (C=O) groups is 8. The van der Waals surface area contributed by atoms with E-state index in [1.807, 2.05) is 58.9 Å². The molecule has 2 aromatic heterocycles. The highest BCUT2D eigenvalue weighted by Gasteiger charge is 2.50. The Morgan fingerprint density at radius 2 is 1.58 bits per heavy atom. The summed E-state index contributed by atoms with van der Waals surface area (Å²) >= 11 is 1.33. The van der Waals surface area contributed by atoms with E-state index in [1.54, 1.807) is 23.2 Å². The van der Waals surface area contributed by atoms with Crippen molar-refractivity contribution in [3.05, 3.63) is 119 Å². The van der Waals surface area contributed by atoms with Crippen LogP contribution in [0.3, 0.4) is 0 Å². The average molecular weight is 1260 g/mol. The molecule has 5 saturated heterocycles. The Morgan fingerprint density at radius 3 is 2.32 bits per heavy atom. The van der Waals surface area contributed by atoms with E-state index in [1.165, 1.54) is 45.6 Å². The number of carbonyl (C=O) groups excluding carboxylic acids is 7. The number of aromatic nitrogens is 2. The molecule has 12 rings (SSSR count). The number of rotatable bonds is 17. The number of nitrogens with one attached hydrogen (secondary N) is 3. The summed E-state index contributed by atoms with van der Waals surface area (Å²) in [6.45, 7) is 7.98. The van der Waals surface area contributed by atoms with Crippen LogP contribution in [0, 0.1) is 11.8 Å². The molecule has 1 saturated carbocycles. The van der Waals surface area contributed by atoms with E-state index < -0.39 is 35.8 Å². The number of benzene rings is 3. The first-order valence-corrected chi connectivity index (χ1v) is 32.7. The van der Waals surface area contributed by atoms with Crippen molar-refractivity contribution in [1.29, 1.82) is 0 Å². The monoisotopic (exact) mass is 1260 g/mol. The number of carboxylic acid groups (broad SMARTS) is 1. The number of piperidine rings is 2. The second-order valence-corrected chi connectivity index (χ2v) is 25.8. The highest BCUT2D eigenvalue weighted by molar-refractivity contribution is 7.20. The van der Waals surface area contributed by atoms with Gasteiger partial charge in [0.15, 0.2) is 5.01 Å². The highest BCUT2D eigenvalue weighted by Crippen LogP contribution is 2.36. The third kappa shape index (κ3) is 15.8. The van der Waals surface area contributed by atoms with Crippen LogP contribution in [0.1, 0.15) is 139 Å². The van der Waals surface area contributed by atoms with Gasteiger partial charge in [-0.25, -0.2) is 4.98 Å². The van der Waals surface area contributed by atoms with Gasteiger partial charge in [-0.15, -0.1) is 11.3 Å². The summed E-state index contributed by atoms with van der Waals surface area (Å²) in [7, 11) is 0. The molecule has 6 fully saturated rings. The molecule has 5 aromatic rings. The predicted octanol–water partition coefficient (Wildman–Crippen LogP) is 7.15. The molecule has 0 radical (unpaired) electrons. The molecular weight excluding hydrogens is 1180 g/mol. The van der Waals surface area contributed by atoms with Crippen LogP contribution >= 0.6 is 11.3 Å². The van der Waals surface area contributed by atoms with Crippen LogP contribution in [0.15, 0.2) is 91.1 Å². The first-order chi connectivity index (χ1) is 43.3. The van der Waals surface area contributed by atoms with Crippen molar-refractivity contribution in [3.8, 4) is 0 Å². The van der Waals surface area contributed by atoms with Gasteiger partial charge in [0.2, 0.25) is 29.4 Å². The number of halogens is 3. The van der Waals surface area contributed by atoms with E-state index in [0.29, 0.717) is 66.9 Å². The molecule has 90 heavy (non-hydrogen) atoms. The van der Waals surface area contributed by atoms with Crippen LogP contribution in [0.4, 0.5) is 18.9 Å². The normalized spacial score (nSPS) is 23.4. The second-order valence-electron chi connectivity index (χ2n) is 24.8. The summed E-state index contributed by atoms with van der Waals surface area (Å²) in [6, 6.07) is 22.2. The van der Waals surface area contributed by atoms with Crippen molar-refractivity contribution in [2.45, 2.75) is 152 Å². The zero-order chi connectivity index (χ0) is 63.6. The Hall–Kier alpha value is -7.54. The Labute approximate surface area is 526 Å². The number of Topliss-reactive ketones (excluding diaryl/α,β-unsaturated/α-hetero) is 1. The van der Waals surface area contributed by atoms with Crippen molar-refractivity contribution < 1.29 is 56.6 Å². The number of carboxylic acids is 1. The van der Waals surface area contributed by atoms with Gasteiger partial charge in [0.05, 0.1) is 46.4 Å². The maximum Gasteiger partial charge on any atom is 0.416 e. The third-order valence-electron chi connectivity index (χ3n) is 18.8. The van der Waals surface area contributed by atoms with Gasteiger partial charge in [-0.05, 0) is 164 Å². The van der Waals surface area contributed by atoms with Gasteiger partial charge < -0.3 is 51.0 Å². The van der Waals surface area contributed by atoms with Gasteiger partial charge in [0.1, 0.15) is 17.8 Å². The number of hydrogen-bond donors (Lipinski definition) is 5. The molecule has 0 bridgehead atoms. The molecule has 8 heterocycles. The Bertz CT molecular complexity index is 3350. The molecule has 24 heteroatoms. The number of fused-ring (bicyclic) bond motifs is 4. The summed E-state index contributed by atoms with van der Waals surface area (Å²) in [5.41, 5.74) is 8.67. The Kier molecular flexibility index (Phi) is 21.5. The van der Waals surface area contributed by atoms with Crippen LogP contribution in [0.25, 0.3) is 10.2 Å². The second kappa shape index (κ2) is 29.6. The number of nitrogens with zero attached hydrogens (tertiary/aromatic N) is 7. The van der Waals surface area contributed by atoms with E-state index in [2.05, 4.69) is 38.0 Å². The molecule has 20 nitrogen and oxygen atoms in total. The Balaban J connectivity index is 0.000000159. The zero-order valence-electron chi connectivity index (χ0n) is 50.9. The number of nitrogens with two attached hydrogens (primary N) is 1. The van der Waals surface area contributed by atoms with E-state index in [0.717, 1.165) is 113 Å². The zero-order valence-corrected chi connectivity index (χ0v) is 51.7. The number of anilines is 1. The maximum atomic E-state index is 13.9. The number of aryl methyl sites for hydroxylation is 1. The minimum absolute atomic E-state index is 0.0253. The lowest BCUT2D eigenvalue weighted by atomic mass is 9.80. The molecule has 3 aromatic carbocycles. The fourth-order valence-corrected chi connectivity index (χ4v) is 14.8. The standard InChI is InChI=1S/C32H37N5O4S.C18H26N4O4.C16H19F3N2O/c33-22-14-12-21(13-15-22)28(29(39)31-34-23-10-4-5-11-26(23)42-31)35-30(40)24-16-17-25-32(41)36(19-27(38)37(24)25)18-6-9-20-7-2-1-3-8-20;23-16(24)3-7-20-17(25)14-11-15-18(26)21(9-10-22(15)12-14)8-4-13-1-5-19-6-2-13;1-11-15(22)21(10-14-6-2-3-8-20(11)14)13-7-4-5-12(9-13)16(17,18)19/h1-5,7-8,10-11,21-22,24-25,28H,6,9,12-19,33H2,(H,35,40);11-13,19H,1-10H2,(H,20,25)(H,23,24);4-5,7,9,11,14H,2-3,6,8,10H2,1H3/t21?,22?,24-,25-,28-;;/m1../s1. The van der Waals surface area contributed by atoms with E-state index in [-0.39, 0.29) is 84.8 Å². The smallest absolute Gasteiger partial charge is 0.416 e. The van der Waals surface area contributed by atoms with Crippen molar-refractivity contribution in [2.75, 3.05) is 63.8 Å². The third-order valence-corrected chi connectivity index (χ3v) is 19.9. The fourth-order valence-electron chi connectivity index (χ4n) is 13.8. The first-order valence-electron chi connectivity index (χ1n) is 31.9. The summed E-state index contributed by atoms with van der Waals surface area (Å²) in [5, 5.41) is 18.0. The maximum absolute atomic E-state index is 13.9. The van der Waals surface area contributed by atoms with Crippen LogP contribution in [-0.4, -0.2) is 177 Å². The predicted molar refractivity (Wildman–Crippen MR) is 334 cm³/mol. The van der Waals surface area contributed by atoms with Crippen molar-refractivity contribution >= 4 is 74.4 Å². The molecule has 6 N–H and O–H groups in total. The van der Waals surface area contributed by atoms with Crippen LogP contribution < -0.4 is 26.6 Å². The van der Waals surface area contributed by atoms with Gasteiger partial charge in [-0.3, -0.25) is 43.3 Å². The molecule has 5 atom stereocenters. The summed E-state index contributed by atoms with van der Waals surface area (Å²) < 4.78 is 41.3. The summed E-state index contributed by atoms with van der Waals surface area (Å²) in [4.78, 5) is 115. The molecule has 482 valence electrons. The number of piperazine rings is 2. The van der Waals surface area contributed by atoms with Crippen LogP contribution in [0.5, 0.6) is 0 Å². The van der Waals surface area contributed by atoms with E-state index in [9.17, 15) is 51.5 Å². The SMILES string of the molecule is CC1C(=O)N(c2cccc(C(F)(F)F)c2)CC2CCCCN21.NC1CCC([C@@H](NC(=O)[C@H]2CC[C@@H]3C(=O)N(CCCc4ccccc4)CC(=O)N23)C(=O)c2nc3ccccc3s2)CC1.O=C(O)CCNC(=O)c1cc2n(c1)CCN(CCC1CCNCC1)C2=O. The lowest BCUT2D eigenvalue weighted by Gasteiger charge is -2.47. The number of aliphatic carboxylic acids is 1. The molecule has 6 amide bonds. The number of para-hydroxylation sites is 1.